The Morgan fingerprint density at radius 2 is 2.05 bits per heavy atom. The smallest absolute Gasteiger partial charge is 0.232 e. The summed E-state index contributed by atoms with van der Waals surface area (Å²) < 4.78 is 0. The second-order valence-electron chi connectivity index (χ2n) is 6.43. The summed E-state index contributed by atoms with van der Waals surface area (Å²) in [5, 5.41) is 3.14. The SMILES string of the molecule is CC(SCc1ccccc1)C(=O)NCC1CCN(C(C)C)C1. The number of hydrogen-bond acceptors (Lipinski definition) is 3. The van der Waals surface area contributed by atoms with Gasteiger partial charge in [0, 0.05) is 24.9 Å². The first-order chi connectivity index (χ1) is 10.6. The van der Waals surface area contributed by atoms with E-state index in [0.29, 0.717) is 12.0 Å². The molecule has 0 aromatic heterocycles. The minimum absolute atomic E-state index is 0.00260. The largest absolute Gasteiger partial charge is 0.355 e. The fourth-order valence-electron chi connectivity index (χ4n) is 2.76. The Morgan fingerprint density at radius 3 is 2.68 bits per heavy atom. The summed E-state index contributed by atoms with van der Waals surface area (Å²) in [4.78, 5) is 14.7. The zero-order valence-corrected chi connectivity index (χ0v) is 14.7. The maximum Gasteiger partial charge on any atom is 0.232 e. The highest BCUT2D eigenvalue weighted by atomic mass is 32.2. The first-order valence-corrected chi connectivity index (χ1v) is 9.28. The Balaban J connectivity index is 1.66. The fourth-order valence-corrected chi connectivity index (χ4v) is 3.63. The van der Waals surface area contributed by atoms with E-state index in [0.717, 1.165) is 25.4 Å². The summed E-state index contributed by atoms with van der Waals surface area (Å²) >= 11 is 1.70. The predicted molar refractivity (Wildman–Crippen MR) is 95.0 cm³/mol. The van der Waals surface area contributed by atoms with Crippen molar-refractivity contribution in [1.82, 2.24) is 10.2 Å². The summed E-state index contributed by atoms with van der Waals surface area (Å²) in [6, 6.07) is 10.9. The van der Waals surface area contributed by atoms with Gasteiger partial charge in [-0.25, -0.2) is 0 Å². The van der Waals surface area contributed by atoms with Crippen molar-refractivity contribution in [2.24, 2.45) is 5.92 Å². The van der Waals surface area contributed by atoms with E-state index in [1.54, 1.807) is 11.8 Å². The van der Waals surface area contributed by atoms with Gasteiger partial charge < -0.3 is 10.2 Å². The topological polar surface area (TPSA) is 32.3 Å². The molecular weight excluding hydrogens is 292 g/mol. The van der Waals surface area contributed by atoms with Gasteiger partial charge >= 0.3 is 0 Å². The second-order valence-corrected chi connectivity index (χ2v) is 7.76. The predicted octanol–water partition coefficient (Wildman–Crippen LogP) is 3.15. The van der Waals surface area contributed by atoms with Crippen LogP contribution in [0.3, 0.4) is 0 Å². The van der Waals surface area contributed by atoms with Crippen LogP contribution in [0.25, 0.3) is 0 Å². The summed E-state index contributed by atoms with van der Waals surface area (Å²) in [5.74, 6) is 1.67. The molecule has 1 aliphatic rings. The quantitative estimate of drug-likeness (QED) is 0.837. The van der Waals surface area contributed by atoms with Crippen LogP contribution >= 0.6 is 11.8 Å². The average Bonchev–Trinajstić information content (AvgIpc) is 3.00. The Hall–Kier alpha value is -1.00. The number of hydrogen-bond donors (Lipinski definition) is 1. The summed E-state index contributed by atoms with van der Waals surface area (Å²) in [5.41, 5.74) is 1.27. The highest BCUT2D eigenvalue weighted by Gasteiger charge is 2.25. The monoisotopic (exact) mass is 320 g/mol. The lowest BCUT2D eigenvalue weighted by atomic mass is 10.1. The van der Waals surface area contributed by atoms with Gasteiger partial charge in [0.1, 0.15) is 0 Å². The van der Waals surface area contributed by atoms with Crippen LogP contribution in [-0.2, 0) is 10.5 Å². The minimum atomic E-state index is 0.00260. The van der Waals surface area contributed by atoms with Crippen molar-refractivity contribution in [3.8, 4) is 0 Å². The maximum atomic E-state index is 12.2. The number of likely N-dealkylation sites (tertiary alicyclic amines) is 1. The van der Waals surface area contributed by atoms with Gasteiger partial charge in [-0.1, -0.05) is 30.3 Å². The van der Waals surface area contributed by atoms with E-state index in [4.69, 9.17) is 0 Å². The zero-order valence-electron chi connectivity index (χ0n) is 13.9. The van der Waals surface area contributed by atoms with Gasteiger partial charge in [0.05, 0.1) is 5.25 Å². The van der Waals surface area contributed by atoms with Crippen LogP contribution in [-0.4, -0.2) is 41.7 Å². The molecule has 4 heteroatoms. The number of carbonyl (C=O) groups is 1. The number of carbonyl (C=O) groups excluding carboxylic acids is 1. The number of nitrogens with one attached hydrogen (secondary N) is 1. The lowest BCUT2D eigenvalue weighted by Crippen LogP contribution is -2.36. The Morgan fingerprint density at radius 1 is 1.32 bits per heavy atom. The van der Waals surface area contributed by atoms with E-state index >= 15 is 0 Å². The molecule has 1 saturated heterocycles. The third-order valence-corrected chi connectivity index (χ3v) is 5.54. The molecule has 1 aliphatic heterocycles. The van der Waals surface area contributed by atoms with Gasteiger partial charge in [-0.05, 0) is 45.2 Å². The van der Waals surface area contributed by atoms with Gasteiger partial charge in [0.2, 0.25) is 5.91 Å². The van der Waals surface area contributed by atoms with Crippen molar-refractivity contribution in [3.63, 3.8) is 0 Å². The van der Waals surface area contributed by atoms with Crippen LogP contribution in [0.2, 0.25) is 0 Å². The molecule has 0 aliphatic carbocycles. The lowest BCUT2D eigenvalue weighted by molar-refractivity contribution is -0.120. The standard InChI is InChI=1S/C18H28N2OS/c1-14(2)20-10-9-17(12-20)11-19-18(21)15(3)22-13-16-7-5-4-6-8-16/h4-8,14-15,17H,9-13H2,1-3H3,(H,19,21). The first kappa shape index (κ1) is 17.4. The molecule has 2 unspecified atom stereocenters. The molecular formula is C18H28N2OS. The van der Waals surface area contributed by atoms with E-state index in [2.05, 4.69) is 36.2 Å². The molecule has 0 bridgehead atoms. The van der Waals surface area contributed by atoms with Crippen molar-refractivity contribution >= 4 is 17.7 Å². The molecule has 0 saturated carbocycles. The fraction of sp³-hybridized carbons (Fsp3) is 0.611. The third kappa shape index (κ3) is 5.33. The van der Waals surface area contributed by atoms with Crippen molar-refractivity contribution in [1.29, 1.82) is 0 Å². The van der Waals surface area contributed by atoms with Crippen LogP contribution in [0.5, 0.6) is 0 Å². The van der Waals surface area contributed by atoms with Crippen molar-refractivity contribution in [3.05, 3.63) is 35.9 Å². The number of rotatable bonds is 7. The van der Waals surface area contributed by atoms with Crippen LogP contribution < -0.4 is 5.32 Å². The first-order valence-electron chi connectivity index (χ1n) is 8.23. The van der Waals surface area contributed by atoms with Gasteiger partial charge in [-0.2, -0.15) is 0 Å². The van der Waals surface area contributed by atoms with Crippen molar-refractivity contribution < 1.29 is 4.79 Å². The number of thioether (sulfide) groups is 1. The summed E-state index contributed by atoms with van der Waals surface area (Å²) in [6.45, 7) is 9.57. The van der Waals surface area contributed by atoms with Crippen LogP contribution in [0.4, 0.5) is 0 Å². The Kier molecular flexibility index (Phi) is 6.77. The van der Waals surface area contributed by atoms with Crippen molar-refractivity contribution in [2.45, 2.75) is 44.2 Å². The van der Waals surface area contributed by atoms with E-state index in [1.165, 1.54) is 12.0 Å². The second kappa shape index (κ2) is 8.59. The highest BCUT2D eigenvalue weighted by molar-refractivity contribution is 7.99. The lowest BCUT2D eigenvalue weighted by Gasteiger charge is -2.20. The highest BCUT2D eigenvalue weighted by Crippen LogP contribution is 2.19. The van der Waals surface area contributed by atoms with E-state index in [1.807, 2.05) is 25.1 Å². The summed E-state index contributed by atoms with van der Waals surface area (Å²) in [6.07, 6.45) is 1.20. The molecule has 1 fully saturated rings. The van der Waals surface area contributed by atoms with E-state index in [-0.39, 0.29) is 11.2 Å². The van der Waals surface area contributed by atoms with E-state index in [9.17, 15) is 4.79 Å². The minimum Gasteiger partial charge on any atom is -0.355 e. The molecule has 122 valence electrons. The molecule has 1 aromatic rings. The number of benzene rings is 1. The molecule has 1 N–H and O–H groups in total. The van der Waals surface area contributed by atoms with Gasteiger partial charge in [-0.15, -0.1) is 11.8 Å². The van der Waals surface area contributed by atoms with Gasteiger partial charge in [0.25, 0.3) is 0 Å². The van der Waals surface area contributed by atoms with Crippen molar-refractivity contribution in [2.75, 3.05) is 19.6 Å². The molecule has 1 amide bonds. The van der Waals surface area contributed by atoms with Gasteiger partial charge in [0.15, 0.2) is 0 Å². The number of amides is 1. The maximum absolute atomic E-state index is 12.2. The average molecular weight is 321 g/mol. The van der Waals surface area contributed by atoms with Crippen LogP contribution in [0, 0.1) is 5.92 Å². The van der Waals surface area contributed by atoms with Gasteiger partial charge in [-0.3, -0.25) is 4.79 Å². The van der Waals surface area contributed by atoms with Crippen LogP contribution in [0.15, 0.2) is 30.3 Å². The molecule has 0 radical (unpaired) electrons. The molecule has 2 rings (SSSR count). The third-order valence-electron chi connectivity index (χ3n) is 4.32. The van der Waals surface area contributed by atoms with Crippen LogP contribution in [0.1, 0.15) is 32.8 Å². The zero-order chi connectivity index (χ0) is 15.9. The molecule has 2 atom stereocenters. The molecule has 3 nitrogen and oxygen atoms in total. The summed E-state index contributed by atoms with van der Waals surface area (Å²) in [7, 11) is 0. The normalized spacial score (nSPS) is 20.3. The van der Waals surface area contributed by atoms with E-state index < -0.39 is 0 Å². The number of nitrogens with zero attached hydrogens (tertiary/aromatic N) is 1. The Labute approximate surface area is 138 Å². The Bertz CT molecular complexity index is 463. The molecule has 1 aromatic carbocycles. The molecule has 22 heavy (non-hydrogen) atoms. The molecule has 1 heterocycles. The molecule has 0 spiro atoms.